The van der Waals surface area contributed by atoms with Gasteiger partial charge in [-0.05, 0) is 17.7 Å². The molecule has 1 rings (SSSR count). The highest BCUT2D eigenvalue weighted by molar-refractivity contribution is 9.08. The Morgan fingerprint density at radius 3 is 2.42 bits per heavy atom. The van der Waals surface area contributed by atoms with E-state index in [2.05, 4.69) is 25.7 Å². The number of hydrogen-bond acceptors (Lipinski definition) is 3. The van der Waals surface area contributed by atoms with Crippen molar-refractivity contribution in [1.82, 2.24) is 4.98 Å². The highest BCUT2D eigenvalue weighted by Crippen LogP contribution is 2.36. The predicted octanol–water partition coefficient (Wildman–Crippen LogP) is 4.19. The molecular weight excluding hydrogens is 364 g/mol. The minimum absolute atomic E-state index is 0.0454. The van der Waals surface area contributed by atoms with Crippen LogP contribution >= 0.6 is 27.5 Å². The summed E-state index contributed by atoms with van der Waals surface area (Å²) in [4.78, 5) is 14.3. The minimum Gasteiger partial charge on any atom is -0.403 e. The minimum atomic E-state index is -5.25. The summed E-state index contributed by atoms with van der Waals surface area (Å²) >= 11 is 7.95. The lowest BCUT2D eigenvalue weighted by Crippen LogP contribution is -2.21. The van der Waals surface area contributed by atoms with E-state index in [4.69, 9.17) is 11.6 Å². The average Bonchev–Trinajstić information content (AvgIpc) is 2.26. The maximum absolute atomic E-state index is 12.7. The molecule has 0 saturated carbocycles. The number of ether oxygens (including phenoxy) is 1. The van der Waals surface area contributed by atoms with Crippen LogP contribution in [-0.2, 0) is 5.33 Å². The Morgan fingerprint density at radius 2 is 2.05 bits per heavy atom. The van der Waals surface area contributed by atoms with Crippen LogP contribution in [0.25, 0.3) is 0 Å². The van der Waals surface area contributed by atoms with E-state index >= 15 is 0 Å². The highest BCUT2D eigenvalue weighted by Gasteiger charge is 2.36. The van der Waals surface area contributed by atoms with Gasteiger partial charge in [-0.15, -0.1) is 13.2 Å². The van der Waals surface area contributed by atoms with Gasteiger partial charge < -0.3 is 4.74 Å². The molecule has 1 heterocycles. The van der Waals surface area contributed by atoms with Crippen molar-refractivity contribution >= 4 is 32.8 Å². The van der Waals surface area contributed by atoms with E-state index in [1.54, 1.807) is 0 Å². The molecule has 0 spiro atoms. The number of carbonyl (C=O) groups excluding carboxylic acids is 1. The van der Waals surface area contributed by atoms with Crippen LogP contribution in [0.15, 0.2) is 6.07 Å². The van der Waals surface area contributed by atoms with Gasteiger partial charge >= 0.3 is 6.36 Å². The molecular formula is C9H4BrClF5NO2. The average molecular weight is 368 g/mol. The fraction of sp³-hybridized carbons (Fsp3) is 0.333. The van der Waals surface area contributed by atoms with Crippen LogP contribution in [0.4, 0.5) is 22.0 Å². The Labute approximate surface area is 116 Å². The third-order valence-corrected chi connectivity index (χ3v) is 2.60. The van der Waals surface area contributed by atoms with Crippen molar-refractivity contribution in [2.75, 3.05) is 0 Å². The van der Waals surface area contributed by atoms with Crippen molar-refractivity contribution in [3.8, 4) is 5.75 Å². The Kier molecular flexibility index (Phi) is 5.08. The van der Waals surface area contributed by atoms with Crippen LogP contribution in [0, 0.1) is 0 Å². The van der Waals surface area contributed by atoms with Gasteiger partial charge in [0.25, 0.3) is 11.7 Å². The van der Waals surface area contributed by atoms with Gasteiger partial charge in [-0.1, -0.05) is 15.9 Å². The lowest BCUT2D eigenvalue weighted by atomic mass is 10.2. The van der Waals surface area contributed by atoms with Crippen molar-refractivity contribution in [3.63, 3.8) is 0 Å². The van der Waals surface area contributed by atoms with Gasteiger partial charge in [0.15, 0.2) is 5.75 Å². The van der Waals surface area contributed by atoms with Crippen LogP contribution in [0.2, 0.25) is 0 Å². The molecule has 1 aromatic heterocycles. The second-order valence-corrected chi connectivity index (χ2v) is 4.04. The number of carbonyl (C=O) groups is 1. The summed E-state index contributed by atoms with van der Waals surface area (Å²) in [5.74, 6) is -1.38. The lowest BCUT2D eigenvalue weighted by molar-refractivity contribution is -0.275. The Bertz CT molecular complexity index is 494. The first-order valence-electron chi connectivity index (χ1n) is 4.49. The zero-order valence-electron chi connectivity index (χ0n) is 8.77. The lowest BCUT2D eigenvalue weighted by Gasteiger charge is -2.15. The maximum Gasteiger partial charge on any atom is 0.573 e. The summed E-state index contributed by atoms with van der Waals surface area (Å²) in [6.45, 7) is 0. The fourth-order valence-corrected chi connectivity index (χ4v) is 1.62. The summed E-state index contributed by atoms with van der Waals surface area (Å²) in [7, 11) is 0. The molecule has 106 valence electrons. The monoisotopic (exact) mass is 367 g/mol. The first-order valence-corrected chi connectivity index (χ1v) is 5.99. The highest BCUT2D eigenvalue weighted by atomic mass is 79.9. The summed E-state index contributed by atoms with van der Waals surface area (Å²) in [6, 6.07) is 0.844. The number of rotatable bonds is 4. The molecule has 0 radical (unpaired) electrons. The van der Waals surface area contributed by atoms with E-state index in [-0.39, 0.29) is 11.0 Å². The van der Waals surface area contributed by atoms with Crippen LogP contribution < -0.4 is 4.74 Å². The Hall–Kier alpha value is -0.960. The Morgan fingerprint density at radius 1 is 1.47 bits per heavy atom. The molecule has 0 fully saturated rings. The number of pyridine rings is 1. The SMILES string of the molecule is O=C(Cl)c1cc(CBr)nc(C(F)F)c1OC(F)(F)F. The molecule has 0 amide bonds. The van der Waals surface area contributed by atoms with E-state index in [0.29, 0.717) is 0 Å². The molecule has 1 aromatic rings. The van der Waals surface area contributed by atoms with Crippen molar-refractivity contribution in [2.24, 2.45) is 0 Å². The number of halogens is 7. The molecule has 0 aliphatic heterocycles. The van der Waals surface area contributed by atoms with E-state index in [1.807, 2.05) is 0 Å². The maximum atomic E-state index is 12.7. The second kappa shape index (κ2) is 6.00. The topological polar surface area (TPSA) is 39.2 Å². The van der Waals surface area contributed by atoms with E-state index in [1.165, 1.54) is 0 Å². The molecule has 3 nitrogen and oxygen atoms in total. The first kappa shape index (κ1) is 16.1. The van der Waals surface area contributed by atoms with Crippen molar-refractivity contribution in [3.05, 3.63) is 23.0 Å². The molecule has 0 saturated heterocycles. The molecule has 0 aliphatic carbocycles. The van der Waals surface area contributed by atoms with Gasteiger partial charge in [-0.2, -0.15) is 0 Å². The quantitative estimate of drug-likeness (QED) is 0.454. The molecule has 19 heavy (non-hydrogen) atoms. The standard InChI is InChI=1S/C9H4BrClF5NO2/c10-2-3-1-4(7(11)18)6(19-9(14,15)16)5(17-3)8(12)13/h1,8H,2H2. The first-order chi connectivity index (χ1) is 8.65. The number of hydrogen-bond donors (Lipinski definition) is 0. The molecule has 0 aromatic carbocycles. The fourth-order valence-electron chi connectivity index (χ4n) is 1.19. The van der Waals surface area contributed by atoms with Gasteiger partial charge in [-0.25, -0.2) is 13.8 Å². The smallest absolute Gasteiger partial charge is 0.403 e. The van der Waals surface area contributed by atoms with Crippen molar-refractivity contribution in [1.29, 1.82) is 0 Å². The van der Waals surface area contributed by atoms with Gasteiger partial charge in [0.1, 0.15) is 5.69 Å². The third-order valence-electron chi connectivity index (χ3n) is 1.83. The number of aromatic nitrogens is 1. The number of nitrogens with zero attached hydrogens (tertiary/aromatic N) is 1. The molecule has 0 unspecified atom stereocenters. The van der Waals surface area contributed by atoms with Gasteiger partial charge in [0, 0.05) is 5.33 Å². The van der Waals surface area contributed by atoms with Gasteiger partial charge in [0.05, 0.1) is 11.3 Å². The molecule has 0 atom stereocenters. The van der Waals surface area contributed by atoms with Crippen LogP contribution in [0.1, 0.15) is 28.2 Å². The van der Waals surface area contributed by atoms with Crippen molar-refractivity contribution < 1.29 is 31.5 Å². The van der Waals surface area contributed by atoms with Crippen LogP contribution in [0.3, 0.4) is 0 Å². The molecule has 0 N–H and O–H groups in total. The zero-order valence-corrected chi connectivity index (χ0v) is 11.1. The molecule has 0 bridgehead atoms. The summed E-state index contributed by atoms with van der Waals surface area (Å²) in [5.41, 5.74) is -2.19. The van der Waals surface area contributed by atoms with E-state index in [9.17, 15) is 26.7 Å². The second-order valence-electron chi connectivity index (χ2n) is 3.13. The van der Waals surface area contributed by atoms with E-state index in [0.717, 1.165) is 6.07 Å². The zero-order chi connectivity index (χ0) is 14.8. The number of alkyl halides is 6. The van der Waals surface area contributed by atoms with Crippen LogP contribution in [0.5, 0.6) is 5.75 Å². The third kappa shape index (κ3) is 4.27. The van der Waals surface area contributed by atoms with Crippen LogP contribution in [-0.4, -0.2) is 16.6 Å². The predicted molar refractivity (Wildman–Crippen MR) is 58.7 cm³/mol. The summed E-state index contributed by atoms with van der Waals surface area (Å²) in [5, 5.41) is -1.40. The summed E-state index contributed by atoms with van der Waals surface area (Å²) in [6.07, 6.45) is -8.60. The summed E-state index contributed by atoms with van der Waals surface area (Å²) < 4.78 is 65.2. The van der Waals surface area contributed by atoms with Gasteiger partial charge in [0.2, 0.25) is 0 Å². The Balaban J connectivity index is 3.49. The molecule has 0 aliphatic rings. The van der Waals surface area contributed by atoms with E-state index < -0.39 is 35.0 Å². The largest absolute Gasteiger partial charge is 0.573 e. The molecule has 10 heteroatoms. The van der Waals surface area contributed by atoms with Gasteiger partial charge in [-0.3, -0.25) is 4.79 Å². The normalized spacial score (nSPS) is 11.8. The van der Waals surface area contributed by atoms with Crippen molar-refractivity contribution in [2.45, 2.75) is 18.1 Å².